The van der Waals surface area contributed by atoms with Gasteiger partial charge in [-0.1, -0.05) is 13.8 Å². The highest BCUT2D eigenvalue weighted by Crippen LogP contribution is 2.26. The van der Waals surface area contributed by atoms with E-state index >= 15 is 0 Å². The summed E-state index contributed by atoms with van der Waals surface area (Å²) in [6.07, 6.45) is 2.48. The third-order valence-electron chi connectivity index (χ3n) is 3.50. The second-order valence-electron chi connectivity index (χ2n) is 6.47. The molecule has 1 aromatic rings. The van der Waals surface area contributed by atoms with E-state index in [9.17, 15) is 8.42 Å². The minimum Gasteiger partial charge on any atom is -0.309 e. The van der Waals surface area contributed by atoms with Crippen molar-refractivity contribution in [3.63, 3.8) is 0 Å². The molecule has 0 amide bonds. The molecule has 120 valence electrons. The zero-order chi connectivity index (χ0) is 15.6. The van der Waals surface area contributed by atoms with E-state index in [1.807, 2.05) is 33.8 Å². The summed E-state index contributed by atoms with van der Waals surface area (Å²) in [6, 6.07) is 2.44. The lowest BCUT2D eigenvalue weighted by atomic mass is 10.2. The maximum Gasteiger partial charge on any atom is 0.244 e. The van der Waals surface area contributed by atoms with Crippen LogP contribution in [0.3, 0.4) is 0 Å². The molecule has 1 saturated carbocycles. The number of rotatable bonds is 8. The lowest BCUT2D eigenvalue weighted by Crippen LogP contribution is -2.39. The first kappa shape index (κ1) is 16.9. The largest absolute Gasteiger partial charge is 0.309 e. The van der Waals surface area contributed by atoms with Crippen LogP contribution >= 0.6 is 11.3 Å². The summed E-state index contributed by atoms with van der Waals surface area (Å²) in [7, 11) is -3.38. The van der Waals surface area contributed by atoms with E-state index in [-0.39, 0.29) is 6.04 Å². The van der Waals surface area contributed by atoms with Crippen LogP contribution in [0.15, 0.2) is 16.3 Å². The SMILES string of the molecule is CC(C)CN(C(C)C)S(=O)(=O)c1csc(CNC2CC2)c1. The van der Waals surface area contributed by atoms with Crippen molar-refractivity contribution in [1.82, 2.24) is 9.62 Å². The van der Waals surface area contributed by atoms with Gasteiger partial charge >= 0.3 is 0 Å². The molecule has 1 aliphatic carbocycles. The fraction of sp³-hybridized carbons (Fsp3) is 0.733. The molecule has 0 aromatic carbocycles. The first-order chi connectivity index (χ1) is 9.80. The molecule has 0 atom stereocenters. The maximum absolute atomic E-state index is 12.8. The maximum atomic E-state index is 12.8. The third kappa shape index (κ3) is 4.52. The normalized spacial score (nSPS) is 16.3. The highest BCUT2D eigenvalue weighted by Gasteiger charge is 2.28. The molecule has 1 aliphatic rings. The molecular formula is C15H26N2O2S2. The number of nitrogens with one attached hydrogen (secondary N) is 1. The molecule has 1 fully saturated rings. The Morgan fingerprint density at radius 1 is 1.33 bits per heavy atom. The van der Waals surface area contributed by atoms with Crippen molar-refractivity contribution in [1.29, 1.82) is 0 Å². The Balaban J connectivity index is 2.12. The highest BCUT2D eigenvalue weighted by molar-refractivity contribution is 7.89. The van der Waals surface area contributed by atoms with Crippen molar-refractivity contribution in [2.45, 2.75) is 64.1 Å². The van der Waals surface area contributed by atoms with Crippen LogP contribution in [0, 0.1) is 5.92 Å². The lowest BCUT2D eigenvalue weighted by Gasteiger charge is -2.27. The van der Waals surface area contributed by atoms with Gasteiger partial charge in [0.2, 0.25) is 10.0 Å². The third-order valence-corrected chi connectivity index (χ3v) is 6.61. The Morgan fingerprint density at radius 3 is 2.52 bits per heavy atom. The van der Waals surface area contributed by atoms with Gasteiger partial charge in [-0.25, -0.2) is 8.42 Å². The minimum absolute atomic E-state index is 0.0228. The topological polar surface area (TPSA) is 49.4 Å². The average molecular weight is 331 g/mol. The predicted molar refractivity (Wildman–Crippen MR) is 88.0 cm³/mol. The summed E-state index contributed by atoms with van der Waals surface area (Å²) >= 11 is 1.53. The van der Waals surface area contributed by atoms with Gasteiger partial charge in [-0.15, -0.1) is 11.3 Å². The molecule has 1 heterocycles. The summed E-state index contributed by atoms with van der Waals surface area (Å²) in [5.74, 6) is 0.316. The van der Waals surface area contributed by atoms with Crippen LogP contribution in [0.1, 0.15) is 45.4 Å². The lowest BCUT2D eigenvalue weighted by molar-refractivity contribution is 0.319. The van der Waals surface area contributed by atoms with Gasteiger partial charge in [-0.3, -0.25) is 0 Å². The molecule has 21 heavy (non-hydrogen) atoms. The van der Waals surface area contributed by atoms with Gasteiger partial charge in [-0.2, -0.15) is 4.31 Å². The smallest absolute Gasteiger partial charge is 0.244 e. The fourth-order valence-corrected chi connectivity index (χ4v) is 5.22. The number of sulfonamides is 1. The molecule has 0 spiro atoms. The molecule has 1 N–H and O–H groups in total. The zero-order valence-electron chi connectivity index (χ0n) is 13.3. The van der Waals surface area contributed by atoms with Gasteiger partial charge in [0.25, 0.3) is 0 Å². The number of thiophene rings is 1. The van der Waals surface area contributed by atoms with E-state index in [0.29, 0.717) is 23.4 Å². The van der Waals surface area contributed by atoms with Gasteiger partial charge < -0.3 is 5.32 Å². The Labute approximate surface area is 132 Å². The van der Waals surface area contributed by atoms with Crippen LogP contribution in [0.2, 0.25) is 0 Å². The van der Waals surface area contributed by atoms with E-state index in [4.69, 9.17) is 0 Å². The standard InChI is InChI=1S/C15H26N2O2S2/c1-11(2)9-17(12(3)4)21(18,19)15-7-14(20-10-15)8-16-13-5-6-13/h7,10-13,16H,5-6,8-9H2,1-4H3. The monoisotopic (exact) mass is 330 g/mol. The zero-order valence-corrected chi connectivity index (χ0v) is 14.9. The number of hydrogen-bond donors (Lipinski definition) is 1. The van der Waals surface area contributed by atoms with Crippen LogP contribution < -0.4 is 5.32 Å². The molecule has 1 aromatic heterocycles. The molecule has 0 bridgehead atoms. The summed E-state index contributed by atoms with van der Waals surface area (Å²) in [6.45, 7) is 9.29. The first-order valence-electron chi connectivity index (χ1n) is 7.63. The summed E-state index contributed by atoms with van der Waals surface area (Å²) in [4.78, 5) is 1.53. The van der Waals surface area contributed by atoms with E-state index in [1.165, 1.54) is 24.2 Å². The Hall–Kier alpha value is -0.430. The molecular weight excluding hydrogens is 304 g/mol. The molecule has 6 heteroatoms. The van der Waals surface area contributed by atoms with Crippen LogP contribution in [0.5, 0.6) is 0 Å². The van der Waals surface area contributed by atoms with Crippen LogP contribution in [0.25, 0.3) is 0 Å². The van der Waals surface area contributed by atoms with Gasteiger partial charge in [0.1, 0.15) is 0 Å². The summed E-state index contributed by atoms with van der Waals surface area (Å²) in [5.41, 5.74) is 0. The van der Waals surface area contributed by atoms with Gasteiger partial charge in [0.05, 0.1) is 4.90 Å². The van der Waals surface area contributed by atoms with Crippen molar-refractivity contribution in [2.75, 3.05) is 6.54 Å². The van der Waals surface area contributed by atoms with E-state index in [1.54, 1.807) is 9.69 Å². The second kappa shape index (κ2) is 6.77. The molecule has 0 unspecified atom stereocenters. The molecule has 4 nitrogen and oxygen atoms in total. The quantitative estimate of drug-likeness (QED) is 0.797. The van der Waals surface area contributed by atoms with Crippen LogP contribution in [0.4, 0.5) is 0 Å². The van der Waals surface area contributed by atoms with Crippen molar-refractivity contribution in [3.8, 4) is 0 Å². The molecule has 2 rings (SSSR count). The van der Waals surface area contributed by atoms with Crippen LogP contribution in [-0.4, -0.2) is 31.4 Å². The molecule has 0 saturated heterocycles. The summed E-state index contributed by atoms with van der Waals surface area (Å²) in [5, 5.41) is 5.20. The predicted octanol–water partition coefficient (Wildman–Crippen LogP) is 3.06. The fourth-order valence-electron chi connectivity index (χ4n) is 2.20. The first-order valence-corrected chi connectivity index (χ1v) is 9.95. The number of hydrogen-bond acceptors (Lipinski definition) is 4. The summed E-state index contributed by atoms with van der Waals surface area (Å²) < 4.78 is 27.2. The van der Waals surface area contributed by atoms with Crippen molar-refractivity contribution in [3.05, 3.63) is 16.3 Å². The molecule has 0 radical (unpaired) electrons. The van der Waals surface area contributed by atoms with E-state index in [2.05, 4.69) is 5.32 Å². The average Bonchev–Trinajstić information content (AvgIpc) is 3.09. The van der Waals surface area contributed by atoms with Crippen molar-refractivity contribution in [2.24, 2.45) is 5.92 Å². The Kier molecular flexibility index (Phi) is 5.46. The Morgan fingerprint density at radius 2 is 2.00 bits per heavy atom. The van der Waals surface area contributed by atoms with Crippen molar-refractivity contribution < 1.29 is 8.42 Å². The number of nitrogens with zero attached hydrogens (tertiary/aromatic N) is 1. The van der Waals surface area contributed by atoms with Gasteiger partial charge in [0, 0.05) is 35.4 Å². The van der Waals surface area contributed by atoms with E-state index < -0.39 is 10.0 Å². The Bertz CT molecular complexity index is 560. The van der Waals surface area contributed by atoms with Crippen LogP contribution in [-0.2, 0) is 16.6 Å². The molecule has 0 aliphatic heterocycles. The minimum atomic E-state index is -3.38. The van der Waals surface area contributed by atoms with Crippen molar-refractivity contribution >= 4 is 21.4 Å². The van der Waals surface area contributed by atoms with Gasteiger partial charge in [-0.05, 0) is 38.7 Å². The van der Waals surface area contributed by atoms with E-state index in [0.717, 1.165) is 11.4 Å². The van der Waals surface area contributed by atoms with Gasteiger partial charge in [0.15, 0.2) is 0 Å². The highest BCUT2D eigenvalue weighted by atomic mass is 32.2. The second-order valence-corrected chi connectivity index (χ2v) is 9.35.